The topological polar surface area (TPSA) is 41.1 Å². The molecule has 2 amide bonds. The summed E-state index contributed by atoms with van der Waals surface area (Å²) in [4.78, 5) is 13.0. The van der Waals surface area contributed by atoms with Gasteiger partial charge >= 0.3 is 6.03 Å². The number of anilines is 1. The number of carbonyl (C=O) groups excluding carboxylic acids is 1. The monoisotopic (exact) mass is 308 g/mol. The Hall–Kier alpha value is -1.52. The number of nitrogens with one attached hydrogen (secondary N) is 2. The van der Waals surface area contributed by atoms with Gasteiger partial charge in [-0.25, -0.2) is 4.79 Å². The highest BCUT2D eigenvalue weighted by Crippen LogP contribution is 2.26. The molecule has 0 spiro atoms. The summed E-state index contributed by atoms with van der Waals surface area (Å²) in [5, 5.41) is 5.79. The lowest BCUT2D eigenvalue weighted by Gasteiger charge is -2.15. The molecule has 0 saturated heterocycles. The van der Waals surface area contributed by atoms with Crippen molar-refractivity contribution in [2.75, 3.05) is 5.32 Å². The van der Waals surface area contributed by atoms with Crippen LogP contribution in [0.1, 0.15) is 29.0 Å². The van der Waals surface area contributed by atoms with Gasteiger partial charge in [-0.1, -0.05) is 23.7 Å². The standard InChI is InChI=1S/C15H17ClN2OS/c1-9-5-4-6-12(10(9)2)18-15(19)17-11(3)13-7-8-14(16)20-13/h4-8,11H,1-3H3,(H2,17,18,19)/t11-/m0/s1. The molecule has 3 nitrogen and oxygen atoms in total. The maximum absolute atomic E-state index is 12.0. The van der Waals surface area contributed by atoms with Crippen molar-refractivity contribution in [3.8, 4) is 0 Å². The number of amides is 2. The average molecular weight is 309 g/mol. The molecule has 0 aliphatic heterocycles. The van der Waals surface area contributed by atoms with Gasteiger partial charge in [0.15, 0.2) is 0 Å². The summed E-state index contributed by atoms with van der Waals surface area (Å²) in [6.45, 7) is 5.95. The van der Waals surface area contributed by atoms with Crippen LogP contribution in [0, 0.1) is 13.8 Å². The maximum atomic E-state index is 12.0. The van der Waals surface area contributed by atoms with Gasteiger partial charge in [0.2, 0.25) is 0 Å². The lowest BCUT2D eigenvalue weighted by molar-refractivity contribution is 0.249. The molecule has 0 saturated carbocycles. The molecule has 0 aliphatic rings. The van der Waals surface area contributed by atoms with E-state index in [0.29, 0.717) is 0 Å². The number of hydrogen-bond acceptors (Lipinski definition) is 2. The molecular weight excluding hydrogens is 292 g/mol. The van der Waals surface area contributed by atoms with E-state index in [1.54, 1.807) is 0 Å². The zero-order chi connectivity index (χ0) is 14.7. The number of halogens is 1. The molecule has 2 N–H and O–H groups in total. The van der Waals surface area contributed by atoms with Gasteiger partial charge in [-0.05, 0) is 50.1 Å². The second-order valence-corrected chi connectivity index (χ2v) is 6.46. The second kappa shape index (κ2) is 6.29. The van der Waals surface area contributed by atoms with Crippen molar-refractivity contribution >= 4 is 34.7 Å². The summed E-state index contributed by atoms with van der Waals surface area (Å²) in [5.41, 5.74) is 3.06. The Labute approximate surface area is 128 Å². The molecule has 1 aromatic carbocycles. The molecule has 5 heteroatoms. The largest absolute Gasteiger partial charge is 0.331 e. The van der Waals surface area contributed by atoms with Gasteiger partial charge in [-0.3, -0.25) is 0 Å². The fourth-order valence-corrected chi connectivity index (χ4v) is 2.94. The first-order valence-corrected chi connectivity index (χ1v) is 7.56. The Bertz CT molecular complexity index is 624. The van der Waals surface area contributed by atoms with Crippen LogP contribution >= 0.6 is 22.9 Å². The van der Waals surface area contributed by atoms with Crippen molar-refractivity contribution in [3.63, 3.8) is 0 Å². The third kappa shape index (κ3) is 3.52. The Morgan fingerprint density at radius 1 is 1.25 bits per heavy atom. The average Bonchev–Trinajstić information content (AvgIpc) is 2.82. The smallest absolute Gasteiger partial charge is 0.319 e. The molecule has 1 atom stereocenters. The fourth-order valence-electron chi connectivity index (χ4n) is 1.87. The normalized spacial score (nSPS) is 12.0. The number of thiophene rings is 1. The van der Waals surface area contributed by atoms with Gasteiger partial charge in [0.25, 0.3) is 0 Å². The predicted molar refractivity (Wildman–Crippen MR) is 85.8 cm³/mol. The molecule has 1 heterocycles. The van der Waals surface area contributed by atoms with E-state index in [1.807, 2.05) is 51.1 Å². The summed E-state index contributed by atoms with van der Waals surface area (Å²) < 4.78 is 0.726. The van der Waals surface area contributed by atoms with Crippen LogP contribution in [0.2, 0.25) is 4.34 Å². The number of aryl methyl sites for hydroxylation is 1. The Morgan fingerprint density at radius 3 is 2.65 bits per heavy atom. The second-order valence-electron chi connectivity index (χ2n) is 4.71. The van der Waals surface area contributed by atoms with Crippen molar-refractivity contribution in [1.82, 2.24) is 5.32 Å². The van der Waals surface area contributed by atoms with Crippen molar-refractivity contribution < 1.29 is 4.79 Å². The highest BCUT2D eigenvalue weighted by Gasteiger charge is 2.12. The lowest BCUT2D eigenvalue weighted by atomic mass is 10.1. The summed E-state index contributed by atoms with van der Waals surface area (Å²) in [6, 6.07) is 9.33. The number of benzene rings is 1. The SMILES string of the molecule is Cc1cccc(NC(=O)N[C@@H](C)c2ccc(Cl)s2)c1C. The summed E-state index contributed by atoms with van der Waals surface area (Å²) in [7, 11) is 0. The highest BCUT2D eigenvalue weighted by atomic mass is 35.5. The Kier molecular flexibility index (Phi) is 4.68. The molecule has 0 bridgehead atoms. The summed E-state index contributed by atoms with van der Waals surface area (Å²) in [5.74, 6) is 0. The van der Waals surface area contributed by atoms with E-state index in [9.17, 15) is 4.79 Å². The third-order valence-electron chi connectivity index (χ3n) is 3.22. The lowest BCUT2D eigenvalue weighted by Crippen LogP contribution is -2.31. The van der Waals surface area contributed by atoms with E-state index in [1.165, 1.54) is 11.3 Å². The van der Waals surface area contributed by atoms with Gasteiger partial charge in [0, 0.05) is 10.6 Å². The van der Waals surface area contributed by atoms with Crippen LogP contribution in [-0.4, -0.2) is 6.03 Å². The molecule has 0 aliphatic carbocycles. The minimum absolute atomic E-state index is 0.0717. The molecule has 20 heavy (non-hydrogen) atoms. The first-order valence-electron chi connectivity index (χ1n) is 6.36. The maximum Gasteiger partial charge on any atom is 0.319 e. The van der Waals surface area contributed by atoms with E-state index in [-0.39, 0.29) is 12.1 Å². The van der Waals surface area contributed by atoms with Crippen LogP contribution in [0.5, 0.6) is 0 Å². The molecule has 0 fully saturated rings. The van der Waals surface area contributed by atoms with Gasteiger partial charge < -0.3 is 10.6 Å². The van der Waals surface area contributed by atoms with Crippen molar-refractivity contribution in [2.45, 2.75) is 26.8 Å². The Morgan fingerprint density at radius 2 is 2.00 bits per heavy atom. The van der Waals surface area contributed by atoms with Crippen molar-refractivity contribution in [3.05, 3.63) is 50.7 Å². The van der Waals surface area contributed by atoms with Crippen LogP contribution in [0.4, 0.5) is 10.5 Å². The highest BCUT2D eigenvalue weighted by molar-refractivity contribution is 7.16. The molecule has 1 aromatic heterocycles. The summed E-state index contributed by atoms with van der Waals surface area (Å²) >= 11 is 7.37. The van der Waals surface area contributed by atoms with Gasteiger partial charge in [-0.2, -0.15) is 0 Å². The molecule has 0 radical (unpaired) electrons. The first kappa shape index (κ1) is 14.9. The van der Waals surface area contributed by atoms with E-state index in [4.69, 9.17) is 11.6 Å². The van der Waals surface area contributed by atoms with Gasteiger partial charge in [0.05, 0.1) is 10.4 Å². The number of urea groups is 1. The Balaban J connectivity index is 2.00. The van der Waals surface area contributed by atoms with Gasteiger partial charge in [-0.15, -0.1) is 11.3 Å². The minimum Gasteiger partial charge on any atom is -0.331 e. The molecule has 2 rings (SSSR count). The molecule has 106 valence electrons. The number of hydrogen-bond donors (Lipinski definition) is 2. The minimum atomic E-state index is -0.212. The fraction of sp³-hybridized carbons (Fsp3) is 0.267. The van der Waals surface area contributed by atoms with E-state index >= 15 is 0 Å². The van der Waals surface area contributed by atoms with Crippen molar-refractivity contribution in [1.29, 1.82) is 0 Å². The van der Waals surface area contributed by atoms with Crippen LogP contribution in [0.3, 0.4) is 0 Å². The van der Waals surface area contributed by atoms with Crippen LogP contribution in [0.25, 0.3) is 0 Å². The number of rotatable bonds is 3. The zero-order valence-electron chi connectivity index (χ0n) is 11.7. The zero-order valence-corrected chi connectivity index (χ0v) is 13.2. The van der Waals surface area contributed by atoms with Crippen molar-refractivity contribution in [2.24, 2.45) is 0 Å². The number of carbonyl (C=O) groups is 1. The first-order chi connectivity index (χ1) is 9.47. The molecular formula is C15H17ClN2OS. The van der Waals surface area contributed by atoms with Crippen LogP contribution < -0.4 is 10.6 Å². The van der Waals surface area contributed by atoms with E-state index in [2.05, 4.69) is 10.6 Å². The quantitative estimate of drug-likeness (QED) is 0.832. The van der Waals surface area contributed by atoms with E-state index in [0.717, 1.165) is 26.0 Å². The predicted octanol–water partition coefficient (Wildman–Crippen LogP) is 4.90. The summed E-state index contributed by atoms with van der Waals surface area (Å²) in [6.07, 6.45) is 0. The molecule has 2 aromatic rings. The van der Waals surface area contributed by atoms with E-state index < -0.39 is 0 Å². The third-order valence-corrected chi connectivity index (χ3v) is 4.64. The van der Waals surface area contributed by atoms with Gasteiger partial charge in [0.1, 0.15) is 0 Å². The van der Waals surface area contributed by atoms with Crippen LogP contribution in [-0.2, 0) is 0 Å². The molecule has 0 unspecified atom stereocenters. The van der Waals surface area contributed by atoms with Crippen LogP contribution in [0.15, 0.2) is 30.3 Å².